The summed E-state index contributed by atoms with van der Waals surface area (Å²) in [6.07, 6.45) is 11.3. The minimum absolute atomic E-state index is 0.164. The van der Waals surface area contributed by atoms with Gasteiger partial charge in [0.15, 0.2) is 0 Å². The van der Waals surface area contributed by atoms with E-state index in [2.05, 4.69) is 32.0 Å². The molecule has 4 bridgehead atoms. The summed E-state index contributed by atoms with van der Waals surface area (Å²) in [4.78, 5) is 5.32. The second kappa shape index (κ2) is 5.14. The van der Waals surface area contributed by atoms with Crippen molar-refractivity contribution in [2.75, 3.05) is 0 Å². The van der Waals surface area contributed by atoms with Crippen molar-refractivity contribution < 1.29 is 4.84 Å². The molecule has 3 aliphatic rings. The third kappa shape index (κ3) is 2.35. The van der Waals surface area contributed by atoms with Crippen LogP contribution in [0.15, 0.2) is 16.8 Å². The molecule has 0 heterocycles. The van der Waals surface area contributed by atoms with Gasteiger partial charge < -0.3 is 4.84 Å². The Labute approximate surface area is 130 Å². The molecule has 0 aliphatic heterocycles. The lowest BCUT2D eigenvalue weighted by atomic mass is 9.68. The van der Waals surface area contributed by atoms with Gasteiger partial charge in [-0.3, -0.25) is 0 Å². The zero-order valence-corrected chi connectivity index (χ0v) is 14.4. The molecule has 0 aromatic rings. The van der Waals surface area contributed by atoms with E-state index < -0.39 is 0 Å². The van der Waals surface area contributed by atoms with Crippen molar-refractivity contribution in [2.24, 2.45) is 33.7 Å². The second-order valence-corrected chi connectivity index (χ2v) is 8.61. The van der Waals surface area contributed by atoms with Gasteiger partial charge >= 0.3 is 0 Å². The third-order valence-electron chi connectivity index (χ3n) is 6.54. The van der Waals surface area contributed by atoms with E-state index in [1.807, 2.05) is 20.1 Å². The fourth-order valence-electron chi connectivity index (χ4n) is 5.78. The highest BCUT2D eigenvalue weighted by atomic mass is 16.6. The zero-order valence-electron chi connectivity index (χ0n) is 14.4. The maximum atomic E-state index is 5.32. The molecule has 118 valence electrons. The van der Waals surface area contributed by atoms with E-state index in [0.29, 0.717) is 10.8 Å². The molecule has 3 aliphatic carbocycles. The molecule has 0 radical (unpaired) electrons. The largest absolute Gasteiger partial charge is 0.393 e. The molecular formula is C19H31NO. The van der Waals surface area contributed by atoms with E-state index in [0.717, 1.165) is 17.8 Å². The molecule has 3 saturated carbocycles. The first kappa shape index (κ1) is 15.1. The SMILES string of the molecule is CC(C)O/N=C/C=C1[C@H]2CC[C@@H]3[C@H]2C(C)(C)CCC[C@]13C. The van der Waals surface area contributed by atoms with Gasteiger partial charge in [0.1, 0.15) is 6.10 Å². The van der Waals surface area contributed by atoms with Gasteiger partial charge in [-0.1, -0.05) is 37.9 Å². The van der Waals surface area contributed by atoms with Crippen LogP contribution in [-0.2, 0) is 4.84 Å². The van der Waals surface area contributed by atoms with Crippen molar-refractivity contribution in [1.82, 2.24) is 0 Å². The number of allylic oxidation sites excluding steroid dienone is 2. The molecule has 0 saturated heterocycles. The molecule has 2 nitrogen and oxygen atoms in total. The molecule has 0 aromatic heterocycles. The lowest BCUT2D eigenvalue weighted by molar-refractivity contribution is 0.0874. The predicted molar refractivity (Wildman–Crippen MR) is 88.2 cm³/mol. The van der Waals surface area contributed by atoms with E-state index in [1.165, 1.54) is 32.1 Å². The Bertz CT molecular complexity index is 462. The summed E-state index contributed by atoms with van der Waals surface area (Å²) in [5.74, 6) is 2.57. The molecule has 3 rings (SSSR count). The number of rotatable bonds is 3. The number of nitrogens with zero attached hydrogens (tertiary/aromatic N) is 1. The standard InChI is InChI=1S/C19H31NO/c1-13(2)21-20-12-9-15-14-7-8-16-17(14)18(3,4)10-6-11-19(15,16)5/h9,12-14,16-17H,6-8,10-11H2,1-5H3/b15-9?,20-12+/t14-,16-,17+,19-/m1/s1. The Kier molecular flexibility index (Phi) is 3.70. The fraction of sp³-hybridized carbons (Fsp3) is 0.842. The lowest BCUT2D eigenvalue weighted by Crippen LogP contribution is -2.28. The molecule has 0 aromatic carbocycles. The fourth-order valence-corrected chi connectivity index (χ4v) is 5.78. The summed E-state index contributed by atoms with van der Waals surface area (Å²) in [6.45, 7) is 11.6. The van der Waals surface area contributed by atoms with Gasteiger partial charge in [-0.15, -0.1) is 0 Å². The van der Waals surface area contributed by atoms with Crippen molar-refractivity contribution in [1.29, 1.82) is 0 Å². The normalized spacial score (nSPS) is 43.0. The highest BCUT2D eigenvalue weighted by molar-refractivity contribution is 5.72. The number of hydrogen-bond donors (Lipinski definition) is 0. The highest BCUT2D eigenvalue weighted by Gasteiger charge is 2.62. The maximum Gasteiger partial charge on any atom is 0.122 e. The average Bonchev–Trinajstić information content (AvgIpc) is 2.87. The van der Waals surface area contributed by atoms with E-state index in [9.17, 15) is 0 Å². The third-order valence-corrected chi connectivity index (χ3v) is 6.54. The Morgan fingerprint density at radius 3 is 2.67 bits per heavy atom. The van der Waals surface area contributed by atoms with Gasteiger partial charge in [-0.25, -0.2) is 0 Å². The van der Waals surface area contributed by atoms with E-state index >= 15 is 0 Å². The molecule has 21 heavy (non-hydrogen) atoms. The van der Waals surface area contributed by atoms with Crippen molar-refractivity contribution in [3.8, 4) is 0 Å². The highest BCUT2D eigenvalue weighted by Crippen LogP contribution is 2.70. The number of oxime groups is 1. The van der Waals surface area contributed by atoms with E-state index in [4.69, 9.17) is 4.84 Å². The molecule has 0 amide bonds. The molecule has 0 N–H and O–H groups in total. The van der Waals surface area contributed by atoms with Crippen LogP contribution < -0.4 is 0 Å². The molecule has 4 atom stereocenters. The molecule has 0 spiro atoms. The molecule has 3 fully saturated rings. The summed E-state index contributed by atoms with van der Waals surface area (Å²) in [6, 6.07) is 0. The van der Waals surface area contributed by atoms with E-state index in [-0.39, 0.29) is 6.10 Å². The van der Waals surface area contributed by atoms with Gasteiger partial charge in [0.05, 0.1) is 6.21 Å². The van der Waals surface area contributed by atoms with E-state index in [1.54, 1.807) is 5.57 Å². The first-order valence-corrected chi connectivity index (χ1v) is 8.76. The summed E-state index contributed by atoms with van der Waals surface area (Å²) >= 11 is 0. The first-order valence-electron chi connectivity index (χ1n) is 8.76. The van der Waals surface area contributed by atoms with Crippen LogP contribution in [-0.4, -0.2) is 12.3 Å². The smallest absolute Gasteiger partial charge is 0.122 e. The van der Waals surface area contributed by atoms with Gasteiger partial charge in [0, 0.05) is 0 Å². The van der Waals surface area contributed by atoms with Crippen molar-refractivity contribution in [2.45, 2.75) is 72.8 Å². The van der Waals surface area contributed by atoms with Gasteiger partial charge in [0.25, 0.3) is 0 Å². The molecular weight excluding hydrogens is 258 g/mol. The van der Waals surface area contributed by atoms with Crippen molar-refractivity contribution in [3.63, 3.8) is 0 Å². The zero-order chi connectivity index (χ0) is 15.3. The van der Waals surface area contributed by atoms with Crippen molar-refractivity contribution >= 4 is 6.21 Å². The predicted octanol–water partition coefficient (Wildman–Crippen LogP) is 5.20. The van der Waals surface area contributed by atoms with Gasteiger partial charge in [-0.2, -0.15) is 0 Å². The van der Waals surface area contributed by atoms with Gasteiger partial charge in [0.2, 0.25) is 0 Å². The van der Waals surface area contributed by atoms with Crippen LogP contribution in [0.2, 0.25) is 0 Å². The minimum Gasteiger partial charge on any atom is -0.393 e. The minimum atomic E-state index is 0.164. The van der Waals surface area contributed by atoms with Crippen molar-refractivity contribution in [3.05, 3.63) is 11.6 Å². The monoisotopic (exact) mass is 289 g/mol. The number of hydrogen-bond acceptors (Lipinski definition) is 2. The second-order valence-electron chi connectivity index (χ2n) is 8.61. The van der Waals surface area contributed by atoms with Crippen LogP contribution in [0.3, 0.4) is 0 Å². The first-order chi connectivity index (χ1) is 9.86. The Balaban J connectivity index is 1.89. The van der Waals surface area contributed by atoms with Gasteiger partial charge in [-0.05, 0) is 74.2 Å². The average molecular weight is 289 g/mol. The van der Waals surface area contributed by atoms with Crippen LogP contribution in [0, 0.1) is 28.6 Å². The maximum absolute atomic E-state index is 5.32. The Morgan fingerprint density at radius 1 is 1.19 bits per heavy atom. The van der Waals surface area contributed by atoms with Crippen LogP contribution in [0.4, 0.5) is 0 Å². The summed E-state index contributed by atoms with van der Waals surface area (Å²) < 4.78 is 0. The van der Waals surface area contributed by atoms with Crippen LogP contribution in [0.5, 0.6) is 0 Å². The summed E-state index contributed by atoms with van der Waals surface area (Å²) in [7, 11) is 0. The summed E-state index contributed by atoms with van der Waals surface area (Å²) in [5.41, 5.74) is 2.60. The molecule has 0 unspecified atom stereocenters. The Hall–Kier alpha value is -0.790. The van der Waals surface area contributed by atoms with Crippen LogP contribution >= 0.6 is 0 Å². The molecule has 2 heteroatoms. The summed E-state index contributed by atoms with van der Waals surface area (Å²) in [5, 5.41) is 4.12. The van der Waals surface area contributed by atoms with Crippen LogP contribution in [0.1, 0.15) is 66.7 Å². The van der Waals surface area contributed by atoms with Crippen LogP contribution in [0.25, 0.3) is 0 Å². The lowest BCUT2D eigenvalue weighted by Gasteiger charge is -2.36. The quantitative estimate of drug-likeness (QED) is 0.517. The Morgan fingerprint density at radius 2 is 1.95 bits per heavy atom. The topological polar surface area (TPSA) is 21.6 Å².